The maximum Gasteiger partial charge on any atom is 0.418 e. The summed E-state index contributed by atoms with van der Waals surface area (Å²) >= 11 is 0. The zero-order chi connectivity index (χ0) is 15.6. The third-order valence-electron chi connectivity index (χ3n) is 3.03. The summed E-state index contributed by atoms with van der Waals surface area (Å²) in [4.78, 5) is 0. The largest absolute Gasteiger partial charge is 0.418 e. The highest BCUT2D eigenvalue weighted by molar-refractivity contribution is 5.54. The lowest BCUT2D eigenvalue weighted by Gasteiger charge is -2.20. The molecule has 112 valence electrons. The summed E-state index contributed by atoms with van der Waals surface area (Å²) in [6.07, 6.45) is -4.51. The van der Waals surface area contributed by atoms with E-state index in [9.17, 15) is 22.0 Å². The van der Waals surface area contributed by atoms with E-state index in [0.29, 0.717) is 6.07 Å². The van der Waals surface area contributed by atoms with Crippen LogP contribution in [0.4, 0.5) is 27.6 Å². The van der Waals surface area contributed by atoms with Crippen LogP contribution in [-0.4, -0.2) is 0 Å². The van der Waals surface area contributed by atoms with Crippen LogP contribution in [0.3, 0.4) is 0 Å². The second-order valence-corrected chi connectivity index (χ2v) is 4.58. The van der Waals surface area contributed by atoms with Gasteiger partial charge in [-0.1, -0.05) is 18.2 Å². The molecule has 0 amide bonds. The van der Waals surface area contributed by atoms with Crippen LogP contribution in [-0.2, 0) is 6.18 Å². The molecular formula is C15H12F5N. The molecule has 0 aromatic heterocycles. The third-order valence-corrected chi connectivity index (χ3v) is 3.03. The third kappa shape index (κ3) is 3.51. The normalized spacial score (nSPS) is 13.0. The molecule has 0 aliphatic rings. The predicted octanol–water partition coefficient (Wildman–Crippen LogP) is 5.16. The smallest absolute Gasteiger partial charge is 0.378 e. The van der Waals surface area contributed by atoms with Crippen molar-refractivity contribution in [3.63, 3.8) is 0 Å². The van der Waals surface area contributed by atoms with Crippen molar-refractivity contribution in [2.75, 3.05) is 5.32 Å². The number of nitrogens with one attached hydrogen (secondary N) is 1. The highest BCUT2D eigenvalue weighted by atomic mass is 19.4. The SMILES string of the molecule is CC(Nc1ccccc1C(F)(F)F)c1ccc(F)cc1F. The van der Waals surface area contributed by atoms with Crippen LogP contribution in [0.15, 0.2) is 42.5 Å². The molecule has 2 aromatic carbocycles. The fourth-order valence-electron chi connectivity index (χ4n) is 2.02. The quantitative estimate of drug-likeness (QED) is 0.772. The summed E-state index contributed by atoms with van der Waals surface area (Å²) in [5.41, 5.74) is -0.894. The highest BCUT2D eigenvalue weighted by Gasteiger charge is 2.33. The summed E-state index contributed by atoms with van der Waals surface area (Å²) in [7, 11) is 0. The van der Waals surface area contributed by atoms with Gasteiger partial charge in [-0.05, 0) is 25.1 Å². The summed E-state index contributed by atoms with van der Waals surface area (Å²) in [6, 6.07) is 7.15. The number of halogens is 5. The van der Waals surface area contributed by atoms with E-state index in [0.717, 1.165) is 12.1 Å². The Morgan fingerprint density at radius 1 is 1.00 bits per heavy atom. The van der Waals surface area contributed by atoms with E-state index in [4.69, 9.17) is 0 Å². The molecular weight excluding hydrogens is 289 g/mol. The van der Waals surface area contributed by atoms with Crippen molar-refractivity contribution in [1.82, 2.24) is 0 Å². The van der Waals surface area contributed by atoms with E-state index in [1.54, 1.807) is 0 Å². The van der Waals surface area contributed by atoms with Crippen molar-refractivity contribution in [2.45, 2.75) is 19.1 Å². The van der Waals surface area contributed by atoms with Crippen molar-refractivity contribution in [3.8, 4) is 0 Å². The predicted molar refractivity (Wildman–Crippen MR) is 69.8 cm³/mol. The molecule has 1 atom stereocenters. The summed E-state index contributed by atoms with van der Waals surface area (Å²) in [5, 5.41) is 2.61. The van der Waals surface area contributed by atoms with Gasteiger partial charge in [0.2, 0.25) is 0 Å². The first kappa shape index (κ1) is 15.3. The van der Waals surface area contributed by atoms with Gasteiger partial charge < -0.3 is 5.32 Å². The second-order valence-electron chi connectivity index (χ2n) is 4.58. The molecule has 0 heterocycles. The van der Waals surface area contributed by atoms with Gasteiger partial charge in [0.25, 0.3) is 0 Å². The van der Waals surface area contributed by atoms with Gasteiger partial charge in [0.1, 0.15) is 11.6 Å². The first-order chi connectivity index (χ1) is 9.79. The molecule has 0 spiro atoms. The molecule has 2 rings (SSSR count). The van der Waals surface area contributed by atoms with Gasteiger partial charge >= 0.3 is 6.18 Å². The first-order valence-electron chi connectivity index (χ1n) is 6.16. The molecule has 0 radical (unpaired) electrons. The van der Waals surface area contributed by atoms with Crippen molar-refractivity contribution < 1.29 is 22.0 Å². The molecule has 0 aliphatic heterocycles. The van der Waals surface area contributed by atoms with E-state index < -0.39 is 29.4 Å². The summed E-state index contributed by atoms with van der Waals surface area (Å²) in [6.45, 7) is 1.50. The molecule has 0 fully saturated rings. The van der Waals surface area contributed by atoms with Crippen LogP contribution in [0, 0.1) is 11.6 Å². The van der Waals surface area contributed by atoms with Crippen LogP contribution >= 0.6 is 0 Å². The molecule has 0 bridgehead atoms. The number of hydrogen-bond acceptors (Lipinski definition) is 1. The van der Waals surface area contributed by atoms with Crippen molar-refractivity contribution in [1.29, 1.82) is 0 Å². The van der Waals surface area contributed by atoms with Crippen LogP contribution in [0.5, 0.6) is 0 Å². The van der Waals surface area contributed by atoms with Crippen LogP contribution in [0.25, 0.3) is 0 Å². The monoisotopic (exact) mass is 301 g/mol. The van der Waals surface area contributed by atoms with Gasteiger partial charge in [0, 0.05) is 17.3 Å². The van der Waals surface area contributed by atoms with E-state index in [-0.39, 0.29) is 11.3 Å². The summed E-state index contributed by atoms with van der Waals surface area (Å²) in [5.74, 6) is -1.54. The van der Waals surface area contributed by atoms with E-state index in [2.05, 4.69) is 5.32 Å². The van der Waals surface area contributed by atoms with Gasteiger partial charge in [0.15, 0.2) is 0 Å². The van der Waals surface area contributed by atoms with Crippen LogP contribution < -0.4 is 5.32 Å². The molecule has 0 saturated carbocycles. The molecule has 0 aliphatic carbocycles. The molecule has 1 N–H and O–H groups in total. The number of para-hydroxylation sites is 1. The fourth-order valence-corrected chi connectivity index (χ4v) is 2.02. The Labute approximate surface area is 118 Å². The Bertz CT molecular complexity index is 636. The number of hydrogen-bond donors (Lipinski definition) is 1. The summed E-state index contributed by atoms with van der Waals surface area (Å²) < 4.78 is 65.1. The lowest BCUT2D eigenvalue weighted by Crippen LogP contribution is -2.14. The molecule has 1 unspecified atom stereocenters. The maximum atomic E-state index is 13.6. The zero-order valence-electron chi connectivity index (χ0n) is 11.0. The number of rotatable bonds is 3. The van der Waals surface area contributed by atoms with E-state index in [1.165, 1.54) is 31.2 Å². The van der Waals surface area contributed by atoms with Crippen LogP contribution in [0.2, 0.25) is 0 Å². The lowest BCUT2D eigenvalue weighted by molar-refractivity contribution is -0.137. The Balaban J connectivity index is 2.30. The Morgan fingerprint density at radius 2 is 1.67 bits per heavy atom. The Kier molecular flexibility index (Phi) is 4.16. The average Bonchev–Trinajstić information content (AvgIpc) is 2.37. The van der Waals surface area contributed by atoms with Crippen molar-refractivity contribution in [3.05, 3.63) is 65.2 Å². The number of benzene rings is 2. The van der Waals surface area contributed by atoms with Gasteiger partial charge in [-0.25, -0.2) is 8.78 Å². The van der Waals surface area contributed by atoms with Crippen molar-refractivity contribution >= 4 is 5.69 Å². The first-order valence-corrected chi connectivity index (χ1v) is 6.16. The topological polar surface area (TPSA) is 12.0 Å². The molecule has 21 heavy (non-hydrogen) atoms. The molecule has 0 saturated heterocycles. The molecule has 1 nitrogen and oxygen atoms in total. The number of alkyl halides is 3. The molecule has 2 aromatic rings. The van der Waals surface area contributed by atoms with Gasteiger partial charge in [0.05, 0.1) is 11.6 Å². The van der Waals surface area contributed by atoms with Crippen molar-refractivity contribution in [2.24, 2.45) is 0 Å². The standard InChI is InChI=1S/C15H12F5N/c1-9(11-7-6-10(16)8-13(11)17)21-14-5-3-2-4-12(14)15(18,19)20/h2-9,21H,1H3. The lowest BCUT2D eigenvalue weighted by atomic mass is 10.1. The fraction of sp³-hybridized carbons (Fsp3) is 0.200. The van der Waals surface area contributed by atoms with Crippen LogP contribution in [0.1, 0.15) is 24.1 Å². The Morgan fingerprint density at radius 3 is 2.29 bits per heavy atom. The Hall–Kier alpha value is -2.11. The second kappa shape index (κ2) is 5.71. The van der Waals surface area contributed by atoms with E-state index in [1.807, 2.05) is 0 Å². The minimum Gasteiger partial charge on any atom is -0.378 e. The van der Waals surface area contributed by atoms with Gasteiger partial charge in [-0.3, -0.25) is 0 Å². The maximum absolute atomic E-state index is 13.6. The van der Waals surface area contributed by atoms with E-state index >= 15 is 0 Å². The minimum atomic E-state index is -4.51. The molecule has 6 heteroatoms. The van der Waals surface area contributed by atoms with Gasteiger partial charge in [-0.15, -0.1) is 0 Å². The zero-order valence-corrected chi connectivity index (χ0v) is 11.0. The van der Waals surface area contributed by atoms with Gasteiger partial charge in [-0.2, -0.15) is 13.2 Å². The minimum absolute atomic E-state index is 0.0911. The highest BCUT2D eigenvalue weighted by Crippen LogP contribution is 2.36. The average molecular weight is 301 g/mol. The number of anilines is 1.